The van der Waals surface area contributed by atoms with Gasteiger partial charge in [-0.05, 0) is 48.9 Å². The second-order valence-corrected chi connectivity index (χ2v) is 7.31. The summed E-state index contributed by atoms with van der Waals surface area (Å²) in [4.78, 5) is 3.86. The number of aromatic nitrogens is 2. The van der Waals surface area contributed by atoms with E-state index in [2.05, 4.69) is 9.56 Å². The first kappa shape index (κ1) is 22.2. The Morgan fingerprint density at radius 2 is 1.90 bits per heavy atom. The molecule has 2 aromatic carbocycles. The molecule has 4 rings (SSSR count). The van der Waals surface area contributed by atoms with Gasteiger partial charge < -0.3 is 5.11 Å². The van der Waals surface area contributed by atoms with Gasteiger partial charge in [0.25, 0.3) is 5.82 Å². The summed E-state index contributed by atoms with van der Waals surface area (Å²) >= 11 is 5.97. The van der Waals surface area contributed by atoms with E-state index in [1.165, 1.54) is 12.1 Å². The minimum absolute atomic E-state index is 0. The molecule has 0 saturated carbocycles. The fraction of sp³-hybridized carbons (Fsp3) is 0.238. The number of hydrogen-bond acceptors (Lipinski definition) is 2. The van der Waals surface area contributed by atoms with Crippen LogP contribution < -0.4 is 9.67 Å². The molecule has 0 N–H and O–H groups in total. The lowest BCUT2D eigenvalue weighted by Crippen LogP contribution is -2.43. The Hall–Kier alpha value is -2.51. The first-order chi connectivity index (χ1) is 13.8. The Kier molecular flexibility index (Phi) is 6.43. The van der Waals surface area contributed by atoms with Crippen molar-refractivity contribution >= 4 is 35.6 Å². The lowest BCUT2D eigenvalue weighted by atomic mass is 10.2. The van der Waals surface area contributed by atoms with Crippen LogP contribution in [0.25, 0.3) is 11.3 Å². The Labute approximate surface area is 182 Å². The standard InChI is InChI=1S/C21H17ClF3N3O.ClH/c22-16-8-6-14(7-9-16)18-12-27(20-5-2-10-28(18)20)13-19(29)26-17-4-1-3-15(11-17)21(23,24)25;/h1,3-4,6-9,11-12H,2,5,10,13H2;1H. The van der Waals surface area contributed by atoms with Crippen LogP contribution in [0, 0.1) is 0 Å². The molecule has 1 aliphatic rings. The second-order valence-electron chi connectivity index (χ2n) is 6.87. The molecule has 4 nitrogen and oxygen atoms in total. The molecular formula is C21H18Cl2F3N3O. The third-order valence-corrected chi connectivity index (χ3v) is 5.12. The summed E-state index contributed by atoms with van der Waals surface area (Å²) in [5.41, 5.74) is 1.13. The average molecular weight is 456 g/mol. The highest BCUT2D eigenvalue weighted by molar-refractivity contribution is 6.30. The first-order valence-corrected chi connectivity index (χ1v) is 9.49. The Morgan fingerprint density at radius 1 is 1.17 bits per heavy atom. The van der Waals surface area contributed by atoms with E-state index in [-0.39, 0.29) is 24.6 Å². The van der Waals surface area contributed by atoms with Gasteiger partial charge in [-0.1, -0.05) is 17.7 Å². The minimum atomic E-state index is -4.47. The van der Waals surface area contributed by atoms with E-state index in [4.69, 9.17) is 11.6 Å². The van der Waals surface area contributed by atoms with E-state index >= 15 is 0 Å². The van der Waals surface area contributed by atoms with Crippen LogP contribution in [0.4, 0.5) is 18.9 Å². The van der Waals surface area contributed by atoms with Crippen LogP contribution in [0.15, 0.2) is 59.7 Å². The normalized spacial score (nSPS) is 13.8. The predicted octanol–water partition coefficient (Wildman–Crippen LogP) is 4.57. The van der Waals surface area contributed by atoms with Gasteiger partial charge in [-0.3, -0.25) is 4.99 Å². The van der Waals surface area contributed by atoms with Crippen molar-refractivity contribution in [1.82, 2.24) is 4.57 Å². The summed E-state index contributed by atoms with van der Waals surface area (Å²) in [5.74, 6) is 0.500. The summed E-state index contributed by atoms with van der Waals surface area (Å²) in [5, 5.41) is 13.1. The molecule has 158 valence electrons. The fourth-order valence-corrected chi connectivity index (χ4v) is 3.70. The molecule has 1 aliphatic heterocycles. The van der Waals surface area contributed by atoms with E-state index in [0.717, 1.165) is 48.6 Å². The van der Waals surface area contributed by atoms with Crippen molar-refractivity contribution in [3.05, 3.63) is 71.1 Å². The van der Waals surface area contributed by atoms with Crippen molar-refractivity contribution < 1.29 is 22.8 Å². The summed E-state index contributed by atoms with van der Waals surface area (Å²) < 4.78 is 42.5. The highest BCUT2D eigenvalue weighted by Crippen LogP contribution is 2.31. The molecule has 0 amide bonds. The van der Waals surface area contributed by atoms with Gasteiger partial charge in [0.1, 0.15) is 12.7 Å². The lowest BCUT2D eigenvalue weighted by Gasteiger charge is -2.10. The maximum Gasteiger partial charge on any atom is 0.416 e. The lowest BCUT2D eigenvalue weighted by molar-refractivity contribution is -0.693. The molecule has 0 fully saturated rings. The van der Waals surface area contributed by atoms with Gasteiger partial charge in [-0.2, -0.15) is 13.2 Å². The van der Waals surface area contributed by atoms with Gasteiger partial charge in [0, 0.05) is 16.5 Å². The quantitative estimate of drug-likeness (QED) is 0.322. The molecule has 30 heavy (non-hydrogen) atoms. The van der Waals surface area contributed by atoms with Crippen LogP contribution in [0.2, 0.25) is 5.02 Å². The summed E-state index contributed by atoms with van der Waals surface area (Å²) in [7, 11) is 0. The van der Waals surface area contributed by atoms with Gasteiger partial charge in [0.15, 0.2) is 5.69 Å². The topological polar surface area (TPSA) is 44.2 Å². The molecule has 3 aromatic rings. The van der Waals surface area contributed by atoms with Crippen molar-refractivity contribution in [3.63, 3.8) is 0 Å². The highest BCUT2D eigenvalue weighted by atomic mass is 35.5. The van der Waals surface area contributed by atoms with Crippen molar-refractivity contribution in [2.24, 2.45) is 4.99 Å². The number of fused-ring (bicyclic) bond motifs is 1. The average Bonchev–Trinajstić information content (AvgIpc) is 3.26. The molecular weight excluding hydrogens is 438 g/mol. The molecule has 0 unspecified atom stereocenters. The number of imidazole rings is 1. The van der Waals surface area contributed by atoms with Crippen molar-refractivity contribution in [2.75, 3.05) is 0 Å². The highest BCUT2D eigenvalue weighted by Gasteiger charge is 2.30. The molecule has 0 saturated heterocycles. The Bertz CT molecular complexity index is 1080. The Balaban J connectivity index is 0.00000256. The Morgan fingerprint density at radius 3 is 2.60 bits per heavy atom. The smallest absolute Gasteiger partial charge is 0.416 e. The monoisotopic (exact) mass is 455 g/mol. The van der Waals surface area contributed by atoms with Crippen molar-refractivity contribution in [3.8, 4) is 11.3 Å². The number of aliphatic imine (C=N–C) groups is 1. The zero-order valence-electron chi connectivity index (χ0n) is 15.7. The molecule has 9 heteroatoms. The first-order valence-electron chi connectivity index (χ1n) is 9.11. The minimum Gasteiger partial charge on any atom is -0.859 e. The number of alkyl halides is 3. The van der Waals surface area contributed by atoms with Crippen LogP contribution in [-0.4, -0.2) is 10.5 Å². The third kappa shape index (κ3) is 4.63. The molecule has 0 spiro atoms. The summed E-state index contributed by atoms with van der Waals surface area (Å²) in [6, 6.07) is 11.9. The maximum atomic E-state index is 12.8. The zero-order chi connectivity index (χ0) is 20.6. The largest absolute Gasteiger partial charge is 0.859 e. The third-order valence-electron chi connectivity index (χ3n) is 4.87. The zero-order valence-corrected chi connectivity index (χ0v) is 17.3. The molecule has 0 radical (unpaired) electrons. The van der Waals surface area contributed by atoms with Gasteiger partial charge in [0.05, 0.1) is 24.2 Å². The molecule has 0 bridgehead atoms. The van der Waals surface area contributed by atoms with E-state index in [1.54, 1.807) is 0 Å². The van der Waals surface area contributed by atoms with Crippen molar-refractivity contribution in [1.29, 1.82) is 0 Å². The summed E-state index contributed by atoms with van der Waals surface area (Å²) in [6.45, 7) is 0.818. The SMILES string of the molecule is Cl.[O-]C(C[n+]1cc(-c2ccc(Cl)cc2)n2c1CCC2)=Nc1cccc(C(F)(F)F)c1. The van der Waals surface area contributed by atoms with E-state index in [9.17, 15) is 18.3 Å². The number of halogens is 5. The summed E-state index contributed by atoms with van der Waals surface area (Å²) in [6.07, 6.45) is -0.794. The maximum absolute atomic E-state index is 12.8. The number of nitrogens with zero attached hydrogens (tertiary/aromatic N) is 3. The predicted molar refractivity (Wildman–Crippen MR) is 109 cm³/mol. The van der Waals surface area contributed by atoms with E-state index in [0.29, 0.717) is 5.02 Å². The number of hydrogen-bond donors (Lipinski definition) is 0. The number of rotatable bonds is 4. The van der Waals surface area contributed by atoms with Crippen molar-refractivity contribution in [2.45, 2.75) is 32.1 Å². The molecule has 1 aromatic heterocycles. The van der Waals surface area contributed by atoms with Crippen LogP contribution >= 0.6 is 24.0 Å². The van der Waals surface area contributed by atoms with Crippen LogP contribution in [0.1, 0.15) is 17.8 Å². The van der Waals surface area contributed by atoms with Gasteiger partial charge in [0.2, 0.25) is 0 Å². The molecule has 0 atom stereocenters. The van der Waals surface area contributed by atoms with E-state index in [1.807, 2.05) is 35.0 Å². The fourth-order valence-electron chi connectivity index (χ4n) is 3.57. The molecule has 2 heterocycles. The van der Waals surface area contributed by atoms with Gasteiger partial charge in [-0.25, -0.2) is 9.13 Å². The van der Waals surface area contributed by atoms with Crippen LogP contribution in [0.5, 0.6) is 0 Å². The molecule has 0 aliphatic carbocycles. The van der Waals surface area contributed by atoms with Gasteiger partial charge >= 0.3 is 6.18 Å². The number of benzene rings is 2. The van der Waals surface area contributed by atoms with Crippen LogP contribution in [-0.2, 0) is 25.7 Å². The van der Waals surface area contributed by atoms with Crippen LogP contribution in [0.3, 0.4) is 0 Å². The van der Waals surface area contributed by atoms with Gasteiger partial charge in [-0.15, -0.1) is 12.4 Å². The second kappa shape index (κ2) is 8.70. The van der Waals surface area contributed by atoms with E-state index < -0.39 is 17.6 Å².